The molecule has 0 bridgehead atoms. The van der Waals surface area contributed by atoms with Gasteiger partial charge in [-0.2, -0.15) is 0 Å². The van der Waals surface area contributed by atoms with Gasteiger partial charge in [-0.3, -0.25) is 18.9 Å². The summed E-state index contributed by atoms with van der Waals surface area (Å²) < 4.78 is 28.4. The molecule has 1 aromatic heterocycles. The smallest absolute Gasteiger partial charge is 0.387 e. The minimum Gasteiger partial charge on any atom is -0.387 e. The summed E-state index contributed by atoms with van der Waals surface area (Å²) in [4.78, 5) is 38.0. The summed E-state index contributed by atoms with van der Waals surface area (Å²) in [6, 6.07) is 0. The number of carbonyl (C=O) groups is 1. The van der Waals surface area contributed by atoms with Gasteiger partial charge in [0.15, 0.2) is 12.0 Å². The fourth-order valence-corrected chi connectivity index (χ4v) is 3.51. The largest absolute Gasteiger partial charge is 0.469 e. The van der Waals surface area contributed by atoms with Gasteiger partial charge >= 0.3 is 7.82 Å². The van der Waals surface area contributed by atoms with Gasteiger partial charge in [-0.1, -0.05) is 0 Å². The molecule has 1 fully saturated rings. The average Bonchev–Trinajstić information content (AvgIpc) is 3.24. The summed E-state index contributed by atoms with van der Waals surface area (Å²) in [6.07, 6.45) is -1.67. The molecule has 168 valence electrons. The van der Waals surface area contributed by atoms with E-state index in [2.05, 4.69) is 19.8 Å². The number of imidazole rings is 1. The number of nitrogens with two attached hydrogens (primary N) is 2. The Kier molecular flexibility index (Phi) is 7.34. The number of nitrogens with one attached hydrogen (secondary N) is 1. The number of ketones is 1. The summed E-state index contributed by atoms with van der Waals surface area (Å²) in [6.45, 7) is -0.521. The number of aliphatic hydroxyl groups is 1. The molecule has 5 unspecified atom stereocenters. The highest BCUT2D eigenvalue weighted by atomic mass is 31.2. The maximum absolute atomic E-state index is 12.0. The van der Waals surface area contributed by atoms with Crippen LogP contribution in [-0.2, 0) is 23.4 Å². The fraction of sp³-hybridized carbons (Fsp3) is 0.667. The van der Waals surface area contributed by atoms with E-state index in [4.69, 9.17) is 30.7 Å². The first kappa shape index (κ1) is 22.9. The Labute approximate surface area is 171 Å². The molecule has 3 heterocycles. The minimum atomic E-state index is -4.78. The van der Waals surface area contributed by atoms with Crippen molar-refractivity contribution in [2.75, 3.05) is 25.1 Å². The number of rotatable bonds is 10. The molecule has 3 rings (SSSR count). The second-order valence-electron chi connectivity index (χ2n) is 6.80. The third kappa shape index (κ3) is 5.29. The van der Waals surface area contributed by atoms with E-state index in [1.54, 1.807) is 0 Å². The van der Waals surface area contributed by atoms with Gasteiger partial charge in [-0.05, 0) is 13.0 Å². The number of phosphoric ester groups is 1. The molecule has 14 nitrogen and oxygen atoms in total. The Morgan fingerprint density at radius 2 is 2.20 bits per heavy atom. The number of hydrogen-bond donors (Lipinski definition) is 6. The highest BCUT2D eigenvalue weighted by Crippen LogP contribution is 2.40. The van der Waals surface area contributed by atoms with Crippen molar-refractivity contribution in [3.8, 4) is 0 Å². The van der Waals surface area contributed by atoms with Crippen LogP contribution in [-0.4, -0.2) is 74.6 Å². The Morgan fingerprint density at radius 3 is 2.90 bits per heavy atom. The van der Waals surface area contributed by atoms with Crippen LogP contribution in [0.5, 0.6) is 0 Å². The molecule has 8 N–H and O–H groups in total. The molecular formula is C15H25N6O8P. The molecule has 2 aliphatic heterocycles. The van der Waals surface area contributed by atoms with Crippen molar-refractivity contribution in [1.29, 1.82) is 0 Å². The summed E-state index contributed by atoms with van der Waals surface area (Å²) in [5.74, 6) is 0.246. The lowest BCUT2D eigenvalue weighted by Gasteiger charge is -2.24. The predicted molar refractivity (Wildman–Crippen MR) is 102 cm³/mol. The van der Waals surface area contributed by atoms with Crippen LogP contribution in [0, 0.1) is 0 Å². The zero-order chi connectivity index (χ0) is 21.9. The molecule has 0 aromatic carbocycles. The topological polar surface area (TPSA) is 217 Å². The molecule has 15 heteroatoms. The van der Waals surface area contributed by atoms with Gasteiger partial charge in [0, 0.05) is 6.42 Å². The predicted octanol–water partition coefficient (Wildman–Crippen LogP) is -1.64. The summed E-state index contributed by atoms with van der Waals surface area (Å²) in [5.41, 5.74) is 11.7. The van der Waals surface area contributed by atoms with Gasteiger partial charge in [0.2, 0.25) is 0 Å². The third-order valence-electron chi connectivity index (χ3n) is 4.63. The van der Waals surface area contributed by atoms with Crippen molar-refractivity contribution in [3.63, 3.8) is 0 Å². The summed E-state index contributed by atoms with van der Waals surface area (Å²) in [5, 5.41) is 13.5. The summed E-state index contributed by atoms with van der Waals surface area (Å²) in [7, 11) is -4.78. The summed E-state index contributed by atoms with van der Waals surface area (Å²) >= 11 is 0. The zero-order valence-electron chi connectivity index (χ0n) is 15.9. The van der Waals surface area contributed by atoms with E-state index in [0.29, 0.717) is 24.5 Å². The van der Waals surface area contributed by atoms with Crippen LogP contribution in [0.3, 0.4) is 0 Å². The number of aliphatic imine (C=N–C) groups is 1. The fourth-order valence-electron chi connectivity index (χ4n) is 3.17. The number of Topliss-reactive ketones (excluding diaryl/α,β-unsaturated/α-hetero) is 1. The van der Waals surface area contributed by atoms with Crippen molar-refractivity contribution in [3.05, 3.63) is 12.0 Å². The van der Waals surface area contributed by atoms with E-state index in [0.717, 1.165) is 0 Å². The number of aliphatic hydroxyl groups excluding tert-OH is 1. The van der Waals surface area contributed by atoms with Crippen LogP contribution in [0.4, 0.5) is 5.82 Å². The second kappa shape index (κ2) is 9.60. The number of hydrogen-bond acceptors (Lipinski definition) is 11. The van der Waals surface area contributed by atoms with Gasteiger partial charge < -0.3 is 41.2 Å². The molecule has 0 amide bonds. The molecule has 5 atom stereocenters. The SMILES string of the molecule is NCCCC(=O)COC1C(O)C(COP(=O)(O)O)OC1n1cnc2c1NC=NC2N. The number of carbonyl (C=O) groups excluding carboxylic acids is 1. The maximum Gasteiger partial charge on any atom is 0.469 e. The first-order valence-corrected chi connectivity index (χ1v) is 10.7. The first-order chi connectivity index (χ1) is 14.2. The van der Waals surface area contributed by atoms with Crippen molar-refractivity contribution < 1.29 is 38.3 Å². The Bertz CT molecular complexity index is 828. The van der Waals surface area contributed by atoms with Crippen LogP contribution in [0.2, 0.25) is 0 Å². The molecule has 0 spiro atoms. The quantitative estimate of drug-likeness (QED) is 0.222. The average molecular weight is 448 g/mol. The van der Waals surface area contributed by atoms with Crippen molar-refractivity contribution in [2.24, 2.45) is 16.5 Å². The molecule has 0 saturated carbocycles. The molecule has 0 aliphatic carbocycles. The lowest BCUT2D eigenvalue weighted by atomic mass is 10.1. The standard InChI is InChI=1S/C15H25N6O8P/c16-3-1-2-8(22)4-27-12-11(23)9(5-28-30(24,25)26)29-15(12)21-7-20-10-13(17)18-6-19-14(10)21/h6-7,9,11-13,15,23H,1-5,16-17H2,(H,18,19)(H2,24,25,26). The van der Waals surface area contributed by atoms with E-state index >= 15 is 0 Å². The van der Waals surface area contributed by atoms with E-state index in [1.165, 1.54) is 17.2 Å². The van der Waals surface area contributed by atoms with E-state index in [9.17, 15) is 14.5 Å². The zero-order valence-corrected chi connectivity index (χ0v) is 16.8. The lowest BCUT2D eigenvalue weighted by Crippen LogP contribution is -2.37. The highest BCUT2D eigenvalue weighted by Gasteiger charge is 2.47. The van der Waals surface area contributed by atoms with Gasteiger partial charge in [-0.15, -0.1) is 0 Å². The molecule has 30 heavy (non-hydrogen) atoms. The minimum absolute atomic E-state index is 0.207. The van der Waals surface area contributed by atoms with Gasteiger partial charge in [0.05, 0.1) is 19.3 Å². The molecular weight excluding hydrogens is 423 g/mol. The molecule has 2 aliphatic rings. The van der Waals surface area contributed by atoms with Crippen LogP contribution in [0.15, 0.2) is 11.3 Å². The number of anilines is 1. The lowest BCUT2D eigenvalue weighted by molar-refractivity contribution is -0.130. The molecule has 0 radical (unpaired) electrons. The Hall–Kier alpha value is -1.74. The van der Waals surface area contributed by atoms with Crippen LogP contribution < -0.4 is 16.8 Å². The van der Waals surface area contributed by atoms with Crippen LogP contribution >= 0.6 is 7.82 Å². The van der Waals surface area contributed by atoms with Gasteiger partial charge in [0.25, 0.3) is 0 Å². The van der Waals surface area contributed by atoms with Crippen LogP contribution in [0.25, 0.3) is 0 Å². The normalized spacial score (nSPS) is 28.4. The Balaban J connectivity index is 1.79. The van der Waals surface area contributed by atoms with Crippen molar-refractivity contribution in [1.82, 2.24) is 9.55 Å². The highest BCUT2D eigenvalue weighted by molar-refractivity contribution is 7.46. The number of aromatic nitrogens is 2. The maximum atomic E-state index is 12.0. The van der Waals surface area contributed by atoms with Crippen molar-refractivity contribution in [2.45, 2.75) is 43.5 Å². The van der Waals surface area contributed by atoms with Gasteiger partial charge in [-0.25, -0.2) is 9.55 Å². The monoisotopic (exact) mass is 448 g/mol. The third-order valence-corrected chi connectivity index (χ3v) is 5.11. The van der Waals surface area contributed by atoms with Crippen molar-refractivity contribution >= 4 is 25.8 Å². The second-order valence-corrected chi connectivity index (χ2v) is 8.04. The number of ether oxygens (including phenoxy) is 2. The van der Waals surface area contributed by atoms with E-state index < -0.39 is 45.1 Å². The van der Waals surface area contributed by atoms with E-state index in [1.807, 2.05) is 0 Å². The number of fused-ring (bicyclic) bond motifs is 1. The first-order valence-electron chi connectivity index (χ1n) is 9.18. The number of phosphoric acid groups is 1. The van der Waals surface area contributed by atoms with Gasteiger partial charge in [0.1, 0.15) is 42.6 Å². The van der Waals surface area contributed by atoms with E-state index in [-0.39, 0.29) is 18.8 Å². The molecule has 1 saturated heterocycles. The molecule has 1 aromatic rings. The number of nitrogens with zero attached hydrogens (tertiary/aromatic N) is 3. The Morgan fingerprint density at radius 1 is 1.43 bits per heavy atom. The van der Waals surface area contributed by atoms with Crippen LogP contribution in [0.1, 0.15) is 30.9 Å².